The predicted octanol–water partition coefficient (Wildman–Crippen LogP) is 2.16. The average molecular weight is 267 g/mol. The second kappa shape index (κ2) is 7.04. The van der Waals surface area contributed by atoms with Gasteiger partial charge in [-0.15, -0.1) is 0 Å². The molecule has 1 saturated heterocycles. The molecule has 2 atom stereocenters. The Morgan fingerprint density at radius 2 is 2.05 bits per heavy atom. The Labute approximate surface area is 115 Å². The van der Waals surface area contributed by atoms with E-state index >= 15 is 0 Å². The van der Waals surface area contributed by atoms with Crippen molar-refractivity contribution >= 4 is 11.7 Å². The molecule has 4 nitrogen and oxygen atoms in total. The van der Waals surface area contributed by atoms with Crippen LogP contribution in [0.4, 0.5) is 0 Å². The fourth-order valence-corrected chi connectivity index (χ4v) is 3.05. The van der Waals surface area contributed by atoms with Gasteiger partial charge >= 0.3 is 0 Å². The Hall–Kier alpha value is -0.900. The number of carbonyl (C=O) groups is 2. The minimum absolute atomic E-state index is 0.0473. The summed E-state index contributed by atoms with van der Waals surface area (Å²) in [6, 6.07) is 0. The zero-order chi connectivity index (χ0) is 13.7. The maximum Gasteiger partial charge on any atom is 0.248 e. The van der Waals surface area contributed by atoms with Crippen LogP contribution < -0.4 is 0 Å². The van der Waals surface area contributed by atoms with Gasteiger partial charge in [-0.3, -0.25) is 9.59 Å². The molecule has 2 fully saturated rings. The van der Waals surface area contributed by atoms with Gasteiger partial charge in [-0.25, -0.2) is 0 Å². The van der Waals surface area contributed by atoms with Crippen LogP contribution in [0.2, 0.25) is 0 Å². The molecule has 4 heteroatoms. The number of hydrogen-bond donors (Lipinski definition) is 0. The molecule has 0 radical (unpaired) electrons. The highest BCUT2D eigenvalue weighted by molar-refractivity contribution is 5.83. The number of carbonyl (C=O) groups excluding carboxylic acids is 2. The zero-order valence-corrected chi connectivity index (χ0v) is 11.9. The van der Waals surface area contributed by atoms with Gasteiger partial charge in [0, 0.05) is 25.9 Å². The van der Waals surface area contributed by atoms with Crippen molar-refractivity contribution in [3.63, 3.8) is 0 Å². The molecular weight excluding hydrogens is 242 g/mol. The number of ether oxygens (including phenoxy) is 1. The number of amides is 1. The minimum Gasteiger partial charge on any atom is -0.368 e. The van der Waals surface area contributed by atoms with Gasteiger partial charge < -0.3 is 9.64 Å². The van der Waals surface area contributed by atoms with Crippen molar-refractivity contribution in [2.24, 2.45) is 5.92 Å². The van der Waals surface area contributed by atoms with Crippen molar-refractivity contribution in [3.05, 3.63) is 0 Å². The number of likely N-dealkylation sites (tertiary alicyclic amines) is 1. The Bertz CT molecular complexity index is 319. The summed E-state index contributed by atoms with van der Waals surface area (Å²) in [6.45, 7) is 3.56. The highest BCUT2D eigenvalue weighted by atomic mass is 16.5. The molecule has 1 amide bonds. The van der Waals surface area contributed by atoms with Gasteiger partial charge in [-0.05, 0) is 18.8 Å². The second-order valence-corrected chi connectivity index (χ2v) is 5.79. The van der Waals surface area contributed by atoms with E-state index in [0.717, 1.165) is 18.8 Å². The van der Waals surface area contributed by atoms with Crippen LogP contribution in [0.25, 0.3) is 0 Å². The van der Waals surface area contributed by atoms with E-state index in [1.54, 1.807) is 4.90 Å². The van der Waals surface area contributed by atoms with Crippen LogP contribution in [-0.2, 0) is 14.3 Å². The quantitative estimate of drug-likeness (QED) is 0.784. The Morgan fingerprint density at radius 1 is 1.32 bits per heavy atom. The van der Waals surface area contributed by atoms with Crippen molar-refractivity contribution in [1.82, 2.24) is 4.90 Å². The lowest BCUT2D eigenvalue weighted by Crippen LogP contribution is -2.41. The minimum atomic E-state index is 0.0473. The molecular formula is C15H25NO3. The summed E-state index contributed by atoms with van der Waals surface area (Å²) < 4.78 is 5.78. The topological polar surface area (TPSA) is 46.6 Å². The van der Waals surface area contributed by atoms with E-state index in [1.165, 1.54) is 19.3 Å². The summed E-state index contributed by atoms with van der Waals surface area (Å²) in [5, 5.41) is 0. The highest BCUT2D eigenvalue weighted by Crippen LogP contribution is 2.28. The molecule has 19 heavy (non-hydrogen) atoms. The van der Waals surface area contributed by atoms with E-state index < -0.39 is 0 Å². The van der Waals surface area contributed by atoms with Crippen molar-refractivity contribution < 1.29 is 14.3 Å². The van der Waals surface area contributed by atoms with E-state index in [-0.39, 0.29) is 24.4 Å². The Morgan fingerprint density at radius 3 is 2.74 bits per heavy atom. The van der Waals surface area contributed by atoms with Crippen LogP contribution in [-0.4, -0.2) is 42.4 Å². The van der Waals surface area contributed by atoms with Crippen LogP contribution in [0, 0.1) is 5.92 Å². The zero-order valence-electron chi connectivity index (χ0n) is 11.9. The van der Waals surface area contributed by atoms with Gasteiger partial charge in [0.1, 0.15) is 12.4 Å². The fourth-order valence-electron chi connectivity index (χ4n) is 3.05. The third-order valence-electron chi connectivity index (χ3n) is 4.43. The van der Waals surface area contributed by atoms with Gasteiger partial charge in [0.25, 0.3) is 0 Å². The van der Waals surface area contributed by atoms with Gasteiger partial charge in [0.2, 0.25) is 5.91 Å². The van der Waals surface area contributed by atoms with Crippen LogP contribution in [0.5, 0.6) is 0 Å². The first-order chi connectivity index (χ1) is 9.19. The lowest BCUT2D eigenvalue weighted by Gasteiger charge is -2.30. The number of ketones is 1. The van der Waals surface area contributed by atoms with Crippen molar-refractivity contribution in [2.45, 2.75) is 58.0 Å². The molecule has 0 aromatic carbocycles. The van der Waals surface area contributed by atoms with Gasteiger partial charge in [-0.2, -0.15) is 0 Å². The summed E-state index contributed by atoms with van der Waals surface area (Å²) in [5.41, 5.74) is 0. The van der Waals surface area contributed by atoms with E-state index in [2.05, 4.69) is 6.92 Å². The second-order valence-electron chi connectivity index (χ2n) is 5.79. The SMILES string of the molecule is CCC1CCCC(OCC(=O)N2CCC(=O)CC2)C1. The Kier molecular flexibility index (Phi) is 5.37. The van der Waals surface area contributed by atoms with Crippen LogP contribution in [0.15, 0.2) is 0 Å². The number of rotatable bonds is 4. The monoisotopic (exact) mass is 267 g/mol. The first kappa shape index (κ1) is 14.5. The average Bonchev–Trinajstić information content (AvgIpc) is 2.46. The normalized spacial score (nSPS) is 28.5. The molecule has 108 valence electrons. The summed E-state index contributed by atoms with van der Waals surface area (Å²) >= 11 is 0. The third kappa shape index (κ3) is 4.30. The molecule has 2 aliphatic rings. The number of piperidine rings is 1. The van der Waals surface area contributed by atoms with Gasteiger partial charge in [0.05, 0.1) is 6.10 Å². The fraction of sp³-hybridized carbons (Fsp3) is 0.867. The van der Waals surface area contributed by atoms with Crippen molar-refractivity contribution in [2.75, 3.05) is 19.7 Å². The van der Waals surface area contributed by atoms with Gasteiger partial charge in [0.15, 0.2) is 0 Å². The van der Waals surface area contributed by atoms with Crippen molar-refractivity contribution in [3.8, 4) is 0 Å². The number of hydrogen-bond acceptors (Lipinski definition) is 3. The smallest absolute Gasteiger partial charge is 0.248 e. The maximum atomic E-state index is 12.0. The van der Waals surface area contributed by atoms with E-state index in [0.29, 0.717) is 25.9 Å². The largest absolute Gasteiger partial charge is 0.368 e. The maximum absolute atomic E-state index is 12.0. The van der Waals surface area contributed by atoms with Crippen LogP contribution in [0.3, 0.4) is 0 Å². The first-order valence-corrected chi connectivity index (χ1v) is 7.60. The lowest BCUT2D eigenvalue weighted by molar-refractivity contribution is -0.141. The number of Topliss-reactive ketones (excluding diaryl/α,β-unsaturated/α-hetero) is 1. The summed E-state index contributed by atoms with van der Waals surface area (Å²) in [4.78, 5) is 24.9. The molecule has 0 aromatic rings. The molecule has 0 N–H and O–H groups in total. The van der Waals surface area contributed by atoms with Crippen LogP contribution >= 0.6 is 0 Å². The number of nitrogens with zero attached hydrogens (tertiary/aromatic N) is 1. The molecule has 1 aliphatic heterocycles. The molecule has 0 bridgehead atoms. The standard InChI is InChI=1S/C15H25NO3/c1-2-12-4-3-5-14(10-12)19-11-15(18)16-8-6-13(17)7-9-16/h12,14H,2-11H2,1H3. The van der Waals surface area contributed by atoms with Crippen molar-refractivity contribution in [1.29, 1.82) is 0 Å². The Balaban J connectivity index is 1.69. The van der Waals surface area contributed by atoms with E-state index in [4.69, 9.17) is 4.74 Å². The molecule has 1 heterocycles. The third-order valence-corrected chi connectivity index (χ3v) is 4.43. The highest BCUT2D eigenvalue weighted by Gasteiger charge is 2.24. The molecule has 0 spiro atoms. The molecule has 1 aliphatic carbocycles. The predicted molar refractivity (Wildman–Crippen MR) is 72.8 cm³/mol. The van der Waals surface area contributed by atoms with Gasteiger partial charge in [-0.1, -0.05) is 26.2 Å². The van der Waals surface area contributed by atoms with E-state index in [1.807, 2.05) is 0 Å². The van der Waals surface area contributed by atoms with Crippen LogP contribution in [0.1, 0.15) is 51.9 Å². The molecule has 1 saturated carbocycles. The first-order valence-electron chi connectivity index (χ1n) is 7.60. The van der Waals surface area contributed by atoms with E-state index in [9.17, 15) is 9.59 Å². The summed E-state index contributed by atoms with van der Waals surface area (Å²) in [7, 11) is 0. The molecule has 2 rings (SSSR count). The summed E-state index contributed by atoms with van der Waals surface area (Å²) in [5.74, 6) is 1.08. The molecule has 2 unspecified atom stereocenters. The lowest BCUT2D eigenvalue weighted by atomic mass is 9.85. The summed E-state index contributed by atoms with van der Waals surface area (Å²) in [6.07, 6.45) is 7.19. The molecule has 0 aromatic heterocycles.